The minimum absolute atomic E-state index is 0.0511. The van der Waals surface area contributed by atoms with Crippen LogP contribution in [0.25, 0.3) is 0 Å². The molecule has 1 amide bonds. The SMILES string of the molecule is O=C(CCc1ccccc1Cl)Nc1ccc(OCCOc2ccccc2)cc1. The molecule has 0 aromatic heterocycles. The summed E-state index contributed by atoms with van der Waals surface area (Å²) in [6, 6.07) is 24.5. The van der Waals surface area contributed by atoms with Crippen LogP contribution in [0.3, 0.4) is 0 Å². The third kappa shape index (κ3) is 6.32. The second kappa shape index (κ2) is 10.4. The molecule has 0 aliphatic carbocycles. The zero-order valence-corrected chi connectivity index (χ0v) is 16.2. The van der Waals surface area contributed by atoms with Gasteiger partial charge in [0.05, 0.1) is 0 Å². The Kier molecular flexibility index (Phi) is 7.33. The smallest absolute Gasteiger partial charge is 0.224 e. The molecule has 28 heavy (non-hydrogen) atoms. The zero-order valence-electron chi connectivity index (χ0n) is 15.4. The van der Waals surface area contributed by atoms with Crippen LogP contribution in [0.15, 0.2) is 78.9 Å². The van der Waals surface area contributed by atoms with E-state index in [1.807, 2.05) is 78.9 Å². The maximum absolute atomic E-state index is 12.1. The number of halogens is 1. The van der Waals surface area contributed by atoms with E-state index in [1.54, 1.807) is 0 Å². The number of hydrogen-bond acceptors (Lipinski definition) is 3. The van der Waals surface area contributed by atoms with E-state index >= 15 is 0 Å². The molecule has 0 heterocycles. The van der Waals surface area contributed by atoms with Crippen LogP contribution in [0.4, 0.5) is 5.69 Å². The van der Waals surface area contributed by atoms with Crippen LogP contribution in [0.2, 0.25) is 5.02 Å². The first-order valence-corrected chi connectivity index (χ1v) is 9.52. The minimum Gasteiger partial charge on any atom is -0.490 e. The summed E-state index contributed by atoms with van der Waals surface area (Å²) < 4.78 is 11.2. The lowest BCUT2D eigenvalue weighted by atomic mass is 10.1. The highest BCUT2D eigenvalue weighted by atomic mass is 35.5. The Bertz CT molecular complexity index is 882. The van der Waals surface area contributed by atoms with E-state index in [-0.39, 0.29) is 5.91 Å². The van der Waals surface area contributed by atoms with Gasteiger partial charge in [0.2, 0.25) is 5.91 Å². The van der Waals surface area contributed by atoms with E-state index in [4.69, 9.17) is 21.1 Å². The third-order valence-corrected chi connectivity index (χ3v) is 4.45. The largest absolute Gasteiger partial charge is 0.490 e. The Morgan fingerprint density at radius 1 is 0.786 bits per heavy atom. The van der Waals surface area contributed by atoms with Gasteiger partial charge >= 0.3 is 0 Å². The lowest BCUT2D eigenvalue weighted by molar-refractivity contribution is -0.116. The molecule has 0 fully saturated rings. The Hall–Kier alpha value is -2.98. The van der Waals surface area contributed by atoms with Gasteiger partial charge in [-0.05, 0) is 54.4 Å². The van der Waals surface area contributed by atoms with Crippen LogP contribution in [0.1, 0.15) is 12.0 Å². The van der Waals surface area contributed by atoms with E-state index < -0.39 is 0 Å². The number of rotatable bonds is 9. The van der Waals surface area contributed by atoms with Gasteiger partial charge in [-0.1, -0.05) is 48.0 Å². The van der Waals surface area contributed by atoms with Crippen molar-refractivity contribution in [1.82, 2.24) is 0 Å². The minimum atomic E-state index is -0.0511. The lowest BCUT2D eigenvalue weighted by Crippen LogP contribution is -2.12. The molecule has 5 heteroatoms. The predicted octanol–water partition coefficient (Wildman–Crippen LogP) is 5.37. The molecule has 0 aliphatic rings. The molecular formula is C23H22ClNO3. The van der Waals surface area contributed by atoms with Crippen LogP contribution in [-0.4, -0.2) is 19.1 Å². The number of amides is 1. The normalized spacial score (nSPS) is 10.3. The molecule has 0 spiro atoms. The molecular weight excluding hydrogens is 374 g/mol. The number of carbonyl (C=O) groups is 1. The van der Waals surface area contributed by atoms with Gasteiger partial charge in [0.15, 0.2) is 0 Å². The van der Waals surface area contributed by atoms with Gasteiger partial charge in [0.25, 0.3) is 0 Å². The molecule has 0 saturated carbocycles. The average Bonchev–Trinajstić information content (AvgIpc) is 2.72. The highest BCUT2D eigenvalue weighted by molar-refractivity contribution is 6.31. The van der Waals surface area contributed by atoms with Gasteiger partial charge in [-0.25, -0.2) is 0 Å². The number of anilines is 1. The summed E-state index contributed by atoms with van der Waals surface area (Å²) >= 11 is 6.12. The average molecular weight is 396 g/mol. The highest BCUT2D eigenvalue weighted by Crippen LogP contribution is 2.18. The van der Waals surface area contributed by atoms with E-state index in [0.717, 1.165) is 22.7 Å². The van der Waals surface area contributed by atoms with Crippen molar-refractivity contribution in [1.29, 1.82) is 0 Å². The number of benzene rings is 3. The van der Waals surface area contributed by atoms with E-state index in [2.05, 4.69) is 5.32 Å². The van der Waals surface area contributed by atoms with E-state index in [9.17, 15) is 4.79 Å². The molecule has 144 valence electrons. The molecule has 0 atom stereocenters. The summed E-state index contributed by atoms with van der Waals surface area (Å²) in [5.74, 6) is 1.50. The number of para-hydroxylation sites is 1. The maximum atomic E-state index is 12.1. The topological polar surface area (TPSA) is 47.6 Å². The third-order valence-electron chi connectivity index (χ3n) is 4.08. The van der Waals surface area contributed by atoms with Gasteiger partial charge in [0.1, 0.15) is 24.7 Å². The molecule has 0 bridgehead atoms. The number of hydrogen-bond donors (Lipinski definition) is 1. The van der Waals surface area contributed by atoms with Crippen molar-refractivity contribution >= 4 is 23.2 Å². The van der Waals surface area contributed by atoms with E-state index in [1.165, 1.54) is 0 Å². The molecule has 3 rings (SSSR count). The number of ether oxygens (including phenoxy) is 2. The van der Waals surface area contributed by atoms with Crippen molar-refractivity contribution in [2.45, 2.75) is 12.8 Å². The zero-order chi connectivity index (χ0) is 19.6. The molecule has 3 aromatic carbocycles. The Morgan fingerprint density at radius 3 is 2.07 bits per heavy atom. The second-order valence-corrected chi connectivity index (χ2v) is 6.58. The molecule has 0 aliphatic heterocycles. The van der Waals surface area contributed by atoms with Gasteiger partial charge in [-0.2, -0.15) is 0 Å². The van der Waals surface area contributed by atoms with Crippen LogP contribution in [0.5, 0.6) is 11.5 Å². The first-order chi connectivity index (χ1) is 13.7. The fourth-order valence-corrected chi connectivity index (χ4v) is 2.87. The van der Waals surface area contributed by atoms with Crippen LogP contribution in [-0.2, 0) is 11.2 Å². The fourth-order valence-electron chi connectivity index (χ4n) is 2.64. The molecule has 0 saturated heterocycles. The first-order valence-electron chi connectivity index (χ1n) is 9.15. The lowest BCUT2D eigenvalue weighted by Gasteiger charge is -2.10. The summed E-state index contributed by atoms with van der Waals surface area (Å²) in [6.07, 6.45) is 0.979. The van der Waals surface area contributed by atoms with Crippen molar-refractivity contribution in [2.75, 3.05) is 18.5 Å². The number of carbonyl (C=O) groups excluding carboxylic acids is 1. The summed E-state index contributed by atoms with van der Waals surface area (Å²) in [5, 5.41) is 3.57. The van der Waals surface area contributed by atoms with Gasteiger partial charge < -0.3 is 14.8 Å². The molecule has 3 aromatic rings. The summed E-state index contributed by atoms with van der Waals surface area (Å²) in [7, 11) is 0. The monoisotopic (exact) mass is 395 g/mol. The van der Waals surface area contributed by atoms with Crippen molar-refractivity contribution in [2.24, 2.45) is 0 Å². The predicted molar refractivity (Wildman–Crippen MR) is 112 cm³/mol. The Morgan fingerprint density at radius 2 is 1.39 bits per heavy atom. The molecule has 4 nitrogen and oxygen atoms in total. The fraction of sp³-hybridized carbons (Fsp3) is 0.174. The standard InChI is InChI=1S/C23H22ClNO3/c24-22-9-5-4-6-18(22)10-15-23(26)25-19-11-13-21(14-12-19)28-17-16-27-20-7-2-1-3-8-20/h1-9,11-14H,10,15-17H2,(H,25,26). The maximum Gasteiger partial charge on any atom is 0.224 e. The van der Waals surface area contributed by atoms with Crippen LogP contribution >= 0.6 is 11.6 Å². The van der Waals surface area contributed by atoms with Crippen molar-refractivity contribution < 1.29 is 14.3 Å². The summed E-state index contributed by atoms with van der Waals surface area (Å²) in [5.41, 5.74) is 1.71. The second-order valence-electron chi connectivity index (χ2n) is 6.17. The molecule has 0 radical (unpaired) electrons. The highest BCUT2D eigenvalue weighted by Gasteiger charge is 2.06. The summed E-state index contributed by atoms with van der Waals surface area (Å²) in [4.78, 5) is 12.1. The number of nitrogens with one attached hydrogen (secondary N) is 1. The van der Waals surface area contributed by atoms with Crippen LogP contribution < -0.4 is 14.8 Å². The van der Waals surface area contributed by atoms with Crippen molar-refractivity contribution in [3.63, 3.8) is 0 Å². The van der Waals surface area contributed by atoms with E-state index in [0.29, 0.717) is 31.1 Å². The van der Waals surface area contributed by atoms with Crippen LogP contribution in [0, 0.1) is 0 Å². The number of aryl methyl sites for hydroxylation is 1. The molecule has 1 N–H and O–H groups in total. The van der Waals surface area contributed by atoms with Crippen molar-refractivity contribution in [3.05, 3.63) is 89.4 Å². The Balaban J connectivity index is 1.39. The summed E-state index contributed by atoms with van der Waals surface area (Å²) in [6.45, 7) is 0.906. The van der Waals surface area contributed by atoms with Gasteiger partial charge in [-0.15, -0.1) is 0 Å². The van der Waals surface area contributed by atoms with Gasteiger partial charge in [0, 0.05) is 17.1 Å². The van der Waals surface area contributed by atoms with Crippen molar-refractivity contribution in [3.8, 4) is 11.5 Å². The van der Waals surface area contributed by atoms with Gasteiger partial charge in [-0.3, -0.25) is 4.79 Å². The molecule has 0 unspecified atom stereocenters. The first kappa shape index (κ1) is 19.8. The quantitative estimate of drug-likeness (QED) is 0.495. The Labute approximate surface area is 170 Å².